The second-order valence-corrected chi connectivity index (χ2v) is 5.11. The highest BCUT2D eigenvalue weighted by Gasteiger charge is 2.11. The van der Waals surface area contributed by atoms with Gasteiger partial charge in [-0.2, -0.15) is 0 Å². The average Bonchev–Trinajstić information content (AvgIpc) is 2.88. The molecule has 17 heavy (non-hydrogen) atoms. The van der Waals surface area contributed by atoms with E-state index in [1.54, 1.807) is 11.3 Å². The summed E-state index contributed by atoms with van der Waals surface area (Å²) < 4.78 is 2.03. The van der Waals surface area contributed by atoms with Gasteiger partial charge in [0.15, 0.2) is 0 Å². The maximum atomic E-state index is 6.19. The molecule has 0 atom stereocenters. The summed E-state index contributed by atoms with van der Waals surface area (Å²) in [6.07, 6.45) is 2.93. The van der Waals surface area contributed by atoms with Crippen LogP contribution in [0.2, 0.25) is 5.02 Å². The van der Waals surface area contributed by atoms with E-state index in [0.717, 1.165) is 32.7 Å². The molecule has 0 saturated carbocycles. The van der Waals surface area contributed by atoms with E-state index >= 15 is 0 Å². The van der Waals surface area contributed by atoms with E-state index in [1.807, 2.05) is 28.7 Å². The first kappa shape index (κ1) is 10.7. The molecule has 0 aliphatic rings. The number of rotatable bonds is 2. The molecular formula is C12H10ClN3S. The lowest BCUT2D eigenvalue weighted by Crippen LogP contribution is -1.88. The smallest absolute Gasteiger partial charge is 0.216 e. The summed E-state index contributed by atoms with van der Waals surface area (Å²) in [5.41, 5.74) is 1.05. The molecule has 0 bridgehead atoms. The highest BCUT2D eigenvalue weighted by atomic mass is 35.5. The predicted octanol–water partition coefficient (Wildman–Crippen LogP) is 3.67. The summed E-state index contributed by atoms with van der Waals surface area (Å²) in [5.74, 6) is 0.981. The third-order valence-corrected chi connectivity index (χ3v) is 3.97. The lowest BCUT2D eigenvalue weighted by Gasteiger charge is -1.98. The van der Waals surface area contributed by atoms with Gasteiger partial charge in [-0.3, -0.25) is 4.40 Å². The molecule has 0 aliphatic carbocycles. The van der Waals surface area contributed by atoms with Gasteiger partial charge < -0.3 is 0 Å². The molecule has 3 aromatic rings. The molecule has 0 fully saturated rings. The molecule has 0 unspecified atom stereocenters. The summed E-state index contributed by atoms with van der Waals surface area (Å²) in [4.78, 5) is 2.03. The molecule has 3 rings (SSSR count). The largest absolute Gasteiger partial charge is 0.276 e. The van der Waals surface area contributed by atoms with Gasteiger partial charge in [0.25, 0.3) is 0 Å². The molecule has 3 nitrogen and oxygen atoms in total. The number of halogens is 1. The van der Waals surface area contributed by atoms with Crippen molar-refractivity contribution in [2.24, 2.45) is 0 Å². The minimum absolute atomic E-state index is 0.767. The maximum absolute atomic E-state index is 6.19. The zero-order chi connectivity index (χ0) is 11.8. The fraction of sp³-hybridized carbons (Fsp3) is 0.167. The Morgan fingerprint density at radius 2 is 2.12 bits per heavy atom. The Labute approximate surface area is 108 Å². The topological polar surface area (TPSA) is 30.2 Å². The van der Waals surface area contributed by atoms with Crippen LogP contribution in [0.3, 0.4) is 0 Å². The molecule has 0 amide bonds. The molecular weight excluding hydrogens is 254 g/mol. The van der Waals surface area contributed by atoms with Crippen LogP contribution in [-0.4, -0.2) is 14.6 Å². The van der Waals surface area contributed by atoms with E-state index in [9.17, 15) is 0 Å². The first-order valence-corrected chi connectivity index (χ1v) is 6.57. The van der Waals surface area contributed by atoms with Gasteiger partial charge in [0.1, 0.15) is 5.82 Å². The highest BCUT2D eigenvalue weighted by molar-refractivity contribution is 7.20. The molecule has 0 radical (unpaired) electrons. The molecule has 2 heterocycles. The van der Waals surface area contributed by atoms with Crippen molar-refractivity contribution in [2.75, 3.05) is 0 Å². The minimum atomic E-state index is 0.767. The van der Waals surface area contributed by atoms with Gasteiger partial charge in [0, 0.05) is 23.2 Å². The van der Waals surface area contributed by atoms with Crippen molar-refractivity contribution < 1.29 is 0 Å². The SMILES string of the molecule is CCc1nnc2sc(-c3ccccc3Cl)cn12. The van der Waals surface area contributed by atoms with Crippen LogP contribution in [0.15, 0.2) is 30.5 Å². The average molecular weight is 264 g/mol. The van der Waals surface area contributed by atoms with E-state index in [0.29, 0.717) is 0 Å². The normalized spacial score (nSPS) is 11.2. The van der Waals surface area contributed by atoms with Crippen molar-refractivity contribution in [1.82, 2.24) is 14.6 Å². The van der Waals surface area contributed by atoms with Crippen LogP contribution >= 0.6 is 22.9 Å². The summed E-state index contributed by atoms with van der Waals surface area (Å²) in [6.45, 7) is 2.07. The molecule has 86 valence electrons. The Kier molecular flexibility index (Phi) is 2.61. The summed E-state index contributed by atoms with van der Waals surface area (Å²) >= 11 is 7.79. The number of aromatic nitrogens is 3. The molecule has 0 aliphatic heterocycles. The Balaban J connectivity index is 2.19. The van der Waals surface area contributed by atoms with Crippen LogP contribution in [-0.2, 0) is 6.42 Å². The Hall–Kier alpha value is -1.39. The van der Waals surface area contributed by atoms with Gasteiger partial charge in [-0.05, 0) is 6.07 Å². The third kappa shape index (κ3) is 1.73. The Bertz CT molecular complexity index is 671. The zero-order valence-electron chi connectivity index (χ0n) is 9.22. The van der Waals surface area contributed by atoms with Crippen LogP contribution in [0.1, 0.15) is 12.7 Å². The molecule has 0 saturated heterocycles. The maximum Gasteiger partial charge on any atom is 0.216 e. The number of hydrogen-bond acceptors (Lipinski definition) is 3. The third-order valence-electron chi connectivity index (χ3n) is 2.64. The fourth-order valence-corrected chi connectivity index (χ4v) is 3.05. The molecule has 0 spiro atoms. The van der Waals surface area contributed by atoms with E-state index in [2.05, 4.69) is 23.3 Å². The number of nitrogens with zero attached hydrogens (tertiary/aromatic N) is 3. The van der Waals surface area contributed by atoms with Crippen LogP contribution in [0.5, 0.6) is 0 Å². The summed E-state index contributed by atoms with van der Waals surface area (Å²) in [7, 11) is 0. The number of benzene rings is 1. The minimum Gasteiger partial charge on any atom is -0.276 e. The lowest BCUT2D eigenvalue weighted by molar-refractivity contribution is 0.911. The first-order chi connectivity index (χ1) is 8.29. The van der Waals surface area contributed by atoms with Gasteiger partial charge in [-0.15, -0.1) is 10.2 Å². The van der Waals surface area contributed by atoms with Crippen LogP contribution < -0.4 is 0 Å². The van der Waals surface area contributed by atoms with Crippen LogP contribution in [0.25, 0.3) is 15.4 Å². The van der Waals surface area contributed by atoms with Gasteiger partial charge in [-0.25, -0.2) is 0 Å². The van der Waals surface area contributed by atoms with E-state index < -0.39 is 0 Å². The van der Waals surface area contributed by atoms with Crippen molar-refractivity contribution in [2.45, 2.75) is 13.3 Å². The van der Waals surface area contributed by atoms with Gasteiger partial charge in [0.2, 0.25) is 4.96 Å². The number of hydrogen-bond donors (Lipinski definition) is 0. The standard InChI is InChI=1S/C12H10ClN3S/c1-2-11-14-15-12-16(11)7-10(17-12)8-5-3-4-6-9(8)13/h3-7H,2H2,1H3. The van der Waals surface area contributed by atoms with E-state index in [4.69, 9.17) is 11.6 Å². The summed E-state index contributed by atoms with van der Waals surface area (Å²) in [6, 6.07) is 7.84. The van der Waals surface area contributed by atoms with Crippen molar-refractivity contribution in [3.63, 3.8) is 0 Å². The number of fused-ring (bicyclic) bond motifs is 1. The van der Waals surface area contributed by atoms with Gasteiger partial charge >= 0.3 is 0 Å². The first-order valence-electron chi connectivity index (χ1n) is 5.38. The Morgan fingerprint density at radius 1 is 1.29 bits per heavy atom. The van der Waals surface area contributed by atoms with Gasteiger partial charge in [0.05, 0.1) is 4.88 Å². The number of aryl methyl sites for hydroxylation is 1. The predicted molar refractivity (Wildman–Crippen MR) is 70.7 cm³/mol. The Morgan fingerprint density at radius 3 is 2.88 bits per heavy atom. The lowest BCUT2D eigenvalue weighted by atomic mass is 10.2. The van der Waals surface area contributed by atoms with E-state index in [-0.39, 0.29) is 0 Å². The summed E-state index contributed by atoms with van der Waals surface area (Å²) in [5, 5.41) is 9.04. The zero-order valence-corrected chi connectivity index (χ0v) is 10.8. The van der Waals surface area contributed by atoms with Crippen molar-refractivity contribution in [3.8, 4) is 10.4 Å². The van der Waals surface area contributed by atoms with Crippen molar-refractivity contribution >= 4 is 27.9 Å². The molecule has 5 heteroatoms. The van der Waals surface area contributed by atoms with Gasteiger partial charge in [-0.1, -0.05) is 48.1 Å². The quantitative estimate of drug-likeness (QED) is 0.706. The van der Waals surface area contributed by atoms with Crippen molar-refractivity contribution in [1.29, 1.82) is 0 Å². The second kappa shape index (κ2) is 4.13. The van der Waals surface area contributed by atoms with E-state index in [1.165, 1.54) is 0 Å². The second-order valence-electron chi connectivity index (χ2n) is 3.70. The van der Waals surface area contributed by atoms with Crippen molar-refractivity contribution in [3.05, 3.63) is 41.3 Å². The molecule has 0 N–H and O–H groups in total. The highest BCUT2D eigenvalue weighted by Crippen LogP contribution is 2.33. The fourth-order valence-electron chi connectivity index (χ4n) is 1.78. The van der Waals surface area contributed by atoms with Crippen LogP contribution in [0.4, 0.5) is 0 Å². The van der Waals surface area contributed by atoms with Crippen LogP contribution in [0, 0.1) is 0 Å². The molecule has 2 aromatic heterocycles. The molecule has 1 aromatic carbocycles. The monoisotopic (exact) mass is 263 g/mol. The number of thiazole rings is 1.